The van der Waals surface area contributed by atoms with Gasteiger partial charge in [-0.25, -0.2) is 15.0 Å². The van der Waals surface area contributed by atoms with Crippen molar-refractivity contribution in [2.75, 3.05) is 0 Å². The fraction of sp³-hybridized carbons (Fsp3) is 0.0273. The van der Waals surface area contributed by atoms with Crippen molar-refractivity contribution in [2.45, 2.75) is 16.2 Å². The molecule has 118 heavy (non-hydrogen) atoms. The molecule has 0 aliphatic heterocycles. The Kier molecular flexibility index (Phi) is 13.9. The molecule has 0 bridgehead atoms. The highest BCUT2D eigenvalue weighted by molar-refractivity contribution is 7.23. The Hall–Kier alpha value is -14.3. The van der Waals surface area contributed by atoms with E-state index in [0.717, 1.165) is 66.6 Å². The van der Waals surface area contributed by atoms with Gasteiger partial charge in [0.05, 0.1) is 67.1 Å². The van der Waals surface area contributed by atoms with Gasteiger partial charge in [0.2, 0.25) is 0 Å². The normalized spacial score (nSPS) is 15.6. The zero-order valence-electron chi connectivity index (χ0n) is 63.3. The monoisotopic (exact) mass is 1550 g/mol. The van der Waals surface area contributed by atoms with E-state index in [9.17, 15) is 0 Å². The molecule has 6 aliphatic rings. The first-order valence-electron chi connectivity index (χ1n) is 40.3. The molecule has 0 amide bonds. The summed E-state index contributed by atoms with van der Waals surface area (Å²) in [6.45, 7) is 0. The minimum absolute atomic E-state index is 0.343. The maximum Gasteiger partial charge on any atom is 0.0972 e. The number of thiophene rings is 3. The van der Waals surface area contributed by atoms with Gasteiger partial charge in [0, 0.05) is 73.3 Å². The van der Waals surface area contributed by atoms with Gasteiger partial charge in [-0.15, -0.1) is 34.0 Å². The molecule has 0 radical (unpaired) electrons. The van der Waals surface area contributed by atoms with Crippen molar-refractivity contribution in [3.8, 4) is 98.5 Å². The maximum absolute atomic E-state index is 5.23. The molecule has 0 saturated carbocycles. The van der Waals surface area contributed by atoms with Crippen LogP contribution in [0.5, 0.6) is 0 Å². The van der Waals surface area contributed by atoms with Gasteiger partial charge in [0.1, 0.15) is 0 Å². The van der Waals surface area contributed by atoms with Gasteiger partial charge in [0.25, 0.3) is 0 Å². The van der Waals surface area contributed by atoms with Crippen LogP contribution in [-0.2, 0) is 16.2 Å². The van der Waals surface area contributed by atoms with Crippen LogP contribution in [0.1, 0.15) is 66.8 Å². The second-order valence-corrected chi connectivity index (χ2v) is 34.8. The summed E-state index contributed by atoms with van der Waals surface area (Å²) in [5.74, 6) is 0. The van der Waals surface area contributed by atoms with Gasteiger partial charge in [-0.1, -0.05) is 309 Å². The maximum atomic E-state index is 5.23. The number of hydrogen-bond acceptors (Lipinski definition) is 8. The van der Waals surface area contributed by atoms with E-state index in [1.165, 1.54) is 173 Å². The molecule has 2 unspecified atom stereocenters. The van der Waals surface area contributed by atoms with Gasteiger partial charge in [-0.05, 0) is 188 Å². The number of fused-ring (bicyclic) bond motifs is 41. The first kappa shape index (κ1) is 66.1. The Labute approximate surface area is 691 Å². The van der Waals surface area contributed by atoms with E-state index in [1.807, 2.05) is 76.7 Å². The lowest BCUT2D eigenvalue weighted by molar-refractivity contribution is 0.803. The predicted octanol–water partition coefficient (Wildman–Crippen LogP) is 28.3. The zero-order valence-corrected chi connectivity index (χ0v) is 65.8. The Balaban J connectivity index is 0.0000000964. The lowest BCUT2D eigenvalue weighted by Gasteiger charge is -2.30. The molecule has 28 rings (SSSR count). The third-order valence-corrected chi connectivity index (χ3v) is 29.7. The van der Waals surface area contributed by atoms with E-state index in [4.69, 9.17) is 24.9 Å². The van der Waals surface area contributed by atoms with Crippen molar-refractivity contribution < 1.29 is 0 Å². The molecule has 546 valence electrons. The largest absolute Gasteiger partial charge is 0.254 e. The summed E-state index contributed by atoms with van der Waals surface area (Å²) in [6.07, 6.45) is 3.78. The SMILES string of the molecule is c1ccc2c(c1)-c1ccc(-c3ccc4ccc5cccnc5c4n3)cc1C21c2ccccc2-c2sc3ccccc3c21.c1ccc2c(c1)-c1ccccc1C21c2cccc(-c3ccc4ccccc4n3)c2-c2sc3ccccc3c21.c1ccc2c(c1)-c1sc3ccccc3c1C21c2ccccc2-c2c(-c3cnc4ccccc4n3)cccc21. The smallest absolute Gasteiger partial charge is 0.0972 e. The number of nitrogens with zero attached hydrogens (tertiary/aromatic N) is 5. The molecule has 5 nitrogen and oxygen atoms in total. The van der Waals surface area contributed by atoms with Crippen LogP contribution < -0.4 is 0 Å². The van der Waals surface area contributed by atoms with Crippen LogP contribution in [0.2, 0.25) is 0 Å². The Morgan fingerprint density at radius 2 is 0.619 bits per heavy atom. The first-order valence-corrected chi connectivity index (χ1v) is 42.8. The van der Waals surface area contributed by atoms with Crippen LogP contribution >= 0.6 is 34.0 Å². The van der Waals surface area contributed by atoms with Gasteiger partial charge in [-0.3, -0.25) is 9.97 Å². The highest BCUT2D eigenvalue weighted by atomic mass is 32.1. The van der Waals surface area contributed by atoms with Gasteiger partial charge >= 0.3 is 0 Å². The van der Waals surface area contributed by atoms with E-state index in [-0.39, 0.29) is 16.2 Å². The van der Waals surface area contributed by atoms with Crippen molar-refractivity contribution >= 4 is 108 Å². The standard InChI is InChI=1S/C39H22N2S.C36H21NS.C35H20N2S/c1-4-12-30-26(9-1)27-19-17-25(33-20-18-24-16-15-23-8-7-21-40-36(23)37(24)41-33)22-32(27)39(30)31-13-5-2-10-28(31)38-35(39)29-11-3-6-14-34(29)42-38;1-7-18-30-22(10-1)20-21-31(37-30)25-14-9-17-29-33(25)35-34(26-13-4-8-19-32(26)38-35)36(29)27-15-5-2-11-23(27)24-12-3-6-16-28(24)36;1-4-14-25-21(10-1)32-23(30-20-36-28-17-6-7-18-29(28)37-30)13-9-16-27(32)35(25)26-15-5-2-11-22(26)34-33(35)24-12-3-8-19-31(24)38-34/h1-22H;1-21H;1-20H. The first-order chi connectivity index (χ1) is 58.5. The van der Waals surface area contributed by atoms with Crippen LogP contribution in [0, 0.1) is 0 Å². The predicted molar refractivity (Wildman–Crippen MR) is 490 cm³/mol. The van der Waals surface area contributed by atoms with Crippen molar-refractivity contribution in [3.05, 3.63) is 449 Å². The third kappa shape index (κ3) is 8.79. The lowest BCUT2D eigenvalue weighted by Crippen LogP contribution is -2.25. The third-order valence-electron chi connectivity index (χ3n) is 26.2. The van der Waals surface area contributed by atoms with Crippen molar-refractivity contribution in [3.63, 3.8) is 0 Å². The van der Waals surface area contributed by atoms with E-state index < -0.39 is 0 Å². The number of para-hydroxylation sites is 3. The fourth-order valence-corrected chi connectivity index (χ4v) is 25.6. The van der Waals surface area contributed by atoms with Gasteiger partial charge in [-0.2, -0.15) is 0 Å². The van der Waals surface area contributed by atoms with Gasteiger partial charge in [0.15, 0.2) is 0 Å². The molecular formula is C110H63N5S3. The Bertz CT molecular complexity index is 8100. The summed E-state index contributed by atoms with van der Waals surface area (Å²) in [7, 11) is 0. The molecule has 7 aromatic heterocycles. The number of rotatable bonds is 3. The molecule has 0 fully saturated rings. The summed E-state index contributed by atoms with van der Waals surface area (Å²) in [5.41, 5.74) is 38.5. The molecule has 3 spiro atoms. The molecule has 0 N–H and O–H groups in total. The topological polar surface area (TPSA) is 64.5 Å². The summed E-state index contributed by atoms with van der Waals surface area (Å²) >= 11 is 5.77. The Morgan fingerprint density at radius 3 is 1.23 bits per heavy atom. The summed E-state index contributed by atoms with van der Waals surface area (Å²) in [6, 6.07) is 135. The quantitative estimate of drug-likeness (QED) is 0.165. The summed E-state index contributed by atoms with van der Waals surface area (Å²) in [5, 5.41) is 7.44. The summed E-state index contributed by atoms with van der Waals surface area (Å²) in [4.78, 5) is 29.1. The molecule has 7 heterocycles. The van der Waals surface area contributed by atoms with E-state index in [1.54, 1.807) is 0 Å². The average Bonchev–Trinajstić information content (AvgIpc) is 1.51. The number of pyridine rings is 3. The summed E-state index contributed by atoms with van der Waals surface area (Å²) < 4.78 is 4.02. The molecule has 8 heteroatoms. The number of hydrogen-bond donors (Lipinski definition) is 0. The molecule has 2 atom stereocenters. The minimum atomic E-state index is -0.376. The number of aromatic nitrogens is 5. The van der Waals surface area contributed by atoms with Crippen molar-refractivity contribution in [1.29, 1.82) is 0 Å². The Morgan fingerprint density at radius 1 is 0.220 bits per heavy atom. The highest BCUT2D eigenvalue weighted by Gasteiger charge is 2.57. The van der Waals surface area contributed by atoms with Crippen LogP contribution in [0.25, 0.3) is 172 Å². The molecule has 15 aromatic carbocycles. The molecular weight excluding hydrogens is 1490 g/mol. The second kappa shape index (κ2) is 24.9. The minimum Gasteiger partial charge on any atom is -0.254 e. The van der Waals surface area contributed by atoms with Gasteiger partial charge < -0.3 is 0 Å². The van der Waals surface area contributed by atoms with Crippen molar-refractivity contribution in [2.24, 2.45) is 0 Å². The molecule has 22 aromatic rings. The van der Waals surface area contributed by atoms with Crippen molar-refractivity contribution in [1.82, 2.24) is 24.9 Å². The van der Waals surface area contributed by atoms with Crippen LogP contribution in [0.15, 0.2) is 382 Å². The van der Waals surface area contributed by atoms with Crippen LogP contribution in [0.4, 0.5) is 0 Å². The van der Waals surface area contributed by atoms with Crippen LogP contribution in [-0.4, -0.2) is 24.9 Å². The zero-order chi connectivity index (χ0) is 77.1. The molecule has 0 saturated heterocycles. The second-order valence-electron chi connectivity index (χ2n) is 31.7. The number of benzene rings is 15. The van der Waals surface area contributed by atoms with Crippen LogP contribution in [0.3, 0.4) is 0 Å². The van der Waals surface area contributed by atoms with E-state index in [0.29, 0.717) is 0 Å². The average molecular weight is 1550 g/mol. The fourth-order valence-electron chi connectivity index (χ4n) is 21.6. The lowest BCUT2D eigenvalue weighted by atomic mass is 9.70. The van der Waals surface area contributed by atoms with E-state index >= 15 is 0 Å². The molecule has 6 aliphatic carbocycles. The van der Waals surface area contributed by atoms with E-state index in [2.05, 4.69) is 340 Å². The highest BCUT2D eigenvalue weighted by Crippen LogP contribution is 2.71.